The lowest BCUT2D eigenvalue weighted by molar-refractivity contribution is -0.116. The molecule has 0 aliphatic carbocycles. The molecule has 7 heteroatoms. The number of allylic oxidation sites excluding steroid dienone is 3. The van der Waals surface area contributed by atoms with Crippen molar-refractivity contribution in [2.24, 2.45) is 4.99 Å². The first-order valence-corrected chi connectivity index (χ1v) is 8.07. The van der Waals surface area contributed by atoms with Crippen molar-refractivity contribution in [2.45, 2.75) is 20.8 Å². The molecule has 26 heavy (non-hydrogen) atoms. The second-order valence-electron chi connectivity index (χ2n) is 5.60. The normalized spacial score (nSPS) is 11.9. The van der Waals surface area contributed by atoms with Crippen LogP contribution in [0.3, 0.4) is 0 Å². The molecule has 0 spiro atoms. The summed E-state index contributed by atoms with van der Waals surface area (Å²) in [6.07, 6.45) is 4.83. The molecule has 2 aromatic rings. The van der Waals surface area contributed by atoms with Crippen LogP contribution in [0, 0.1) is 0 Å². The quantitative estimate of drug-likeness (QED) is 0.634. The lowest BCUT2D eigenvalue weighted by Crippen LogP contribution is -2.24. The van der Waals surface area contributed by atoms with Crippen LogP contribution in [-0.2, 0) is 4.79 Å². The Kier molecular flexibility index (Phi) is 6.43. The zero-order valence-corrected chi connectivity index (χ0v) is 15.5. The molecule has 0 bridgehead atoms. The first-order valence-electron chi connectivity index (χ1n) is 8.07. The lowest BCUT2D eigenvalue weighted by atomic mass is 10.1. The van der Waals surface area contributed by atoms with Crippen LogP contribution in [0.25, 0.3) is 11.5 Å². The van der Waals surface area contributed by atoms with Gasteiger partial charge in [0.1, 0.15) is 5.69 Å². The molecule has 0 fully saturated rings. The molecule has 0 atom stereocenters. The summed E-state index contributed by atoms with van der Waals surface area (Å²) >= 11 is 0. The van der Waals surface area contributed by atoms with Crippen LogP contribution in [0.5, 0.6) is 5.75 Å². The maximum absolute atomic E-state index is 12.2. The van der Waals surface area contributed by atoms with Crippen LogP contribution in [0.2, 0.25) is 0 Å². The Morgan fingerprint density at radius 3 is 2.65 bits per heavy atom. The lowest BCUT2D eigenvalue weighted by Gasteiger charge is -2.11. The fourth-order valence-corrected chi connectivity index (χ4v) is 2.39. The van der Waals surface area contributed by atoms with Crippen molar-refractivity contribution < 1.29 is 13.9 Å². The van der Waals surface area contributed by atoms with E-state index in [9.17, 15) is 4.79 Å². The number of benzene rings is 1. The van der Waals surface area contributed by atoms with Crippen molar-refractivity contribution in [3.63, 3.8) is 0 Å². The fourth-order valence-electron chi connectivity index (χ4n) is 2.39. The summed E-state index contributed by atoms with van der Waals surface area (Å²) in [7, 11) is 3.13. The standard InChI is InChI=1S/C19H22N4O3/c1-6-13(18(24)20-4)16(10-12(2)3)22-15-9-7-8-14(17(15)25-5)19-23-21-11-26-19/h6-11H,1-5H3,(H,20,24)/b13-6+,22-16?. The number of para-hydroxylation sites is 1. The van der Waals surface area contributed by atoms with Gasteiger partial charge in [0.2, 0.25) is 6.39 Å². The number of carbonyl (C=O) groups is 1. The Balaban J connectivity index is 2.65. The molecular formula is C19H22N4O3. The van der Waals surface area contributed by atoms with Crippen molar-refractivity contribution >= 4 is 17.3 Å². The first-order chi connectivity index (χ1) is 12.5. The highest BCUT2D eigenvalue weighted by atomic mass is 16.5. The van der Waals surface area contributed by atoms with E-state index in [0.717, 1.165) is 5.57 Å². The van der Waals surface area contributed by atoms with Crippen molar-refractivity contribution in [1.82, 2.24) is 15.5 Å². The molecular weight excluding hydrogens is 332 g/mol. The summed E-state index contributed by atoms with van der Waals surface area (Å²) in [6.45, 7) is 5.68. The summed E-state index contributed by atoms with van der Waals surface area (Å²) < 4.78 is 10.8. The molecule has 0 unspecified atom stereocenters. The monoisotopic (exact) mass is 354 g/mol. The number of aliphatic imine (C=N–C) groups is 1. The maximum atomic E-state index is 12.2. The minimum Gasteiger partial charge on any atom is -0.494 e. The van der Waals surface area contributed by atoms with Crippen LogP contribution in [0.1, 0.15) is 20.8 Å². The number of ether oxygens (including phenoxy) is 1. The van der Waals surface area contributed by atoms with E-state index in [0.29, 0.717) is 34.2 Å². The van der Waals surface area contributed by atoms with Crippen LogP contribution < -0.4 is 10.1 Å². The molecule has 0 radical (unpaired) electrons. The molecule has 1 amide bonds. The molecule has 0 saturated heterocycles. The highest BCUT2D eigenvalue weighted by Gasteiger charge is 2.17. The number of nitrogens with zero attached hydrogens (tertiary/aromatic N) is 3. The Bertz CT molecular complexity index is 861. The van der Waals surface area contributed by atoms with Gasteiger partial charge >= 0.3 is 0 Å². The third-order valence-corrected chi connectivity index (χ3v) is 3.49. The molecule has 1 aromatic carbocycles. The van der Waals surface area contributed by atoms with Gasteiger partial charge in [-0.3, -0.25) is 4.79 Å². The molecule has 0 aliphatic rings. The van der Waals surface area contributed by atoms with E-state index in [-0.39, 0.29) is 5.91 Å². The molecule has 1 aromatic heterocycles. The maximum Gasteiger partial charge on any atom is 0.252 e. The Morgan fingerprint density at radius 1 is 1.35 bits per heavy atom. The number of aromatic nitrogens is 2. The van der Waals surface area contributed by atoms with Crippen molar-refractivity contribution in [3.05, 3.63) is 47.9 Å². The molecule has 0 saturated carbocycles. The van der Waals surface area contributed by atoms with Gasteiger partial charge in [-0.2, -0.15) is 0 Å². The van der Waals surface area contributed by atoms with Crippen LogP contribution in [0.15, 0.2) is 57.3 Å². The third-order valence-electron chi connectivity index (χ3n) is 3.49. The van der Waals surface area contributed by atoms with E-state index in [4.69, 9.17) is 9.15 Å². The van der Waals surface area contributed by atoms with E-state index >= 15 is 0 Å². The topological polar surface area (TPSA) is 89.6 Å². The first kappa shape index (κ1) is 19.1. The van der Waals surface area contributed by atoms with Gasteiger partial charge < -0.3 is 14.5 Å². The SMILES string of the molecule is C/C=C(/C(=O)NC)C(C=C(C)C)=Nc1cccc(-c2nnco2)c1OC. The number of carbonyl (C=O) groups excluding carboxylic acids is 1. The summed E-state index contributed by atoms with van der Waals surface area (Å²) in [4.78, 5) is 16.9. The molecule has 0 aliphatic heterocycles. The number of amides is 1. The number of likely N-dealkylation sites (N-methyl/N-ethyl adjacent to an activating group) is 1. The van der Waals surface area contributed by atoms with Gasteiger partial charge in [0.05, 0.1) is 24.0 Å². The molecule has 1 heterocycles. The predicted molar refractivity (Wildman–Crippen MR) is 101 cm³/mol. The largest absolute Gasteiger partial charge is 0.494 e. The van der Waals surface area contributed by atoms with Crippen molar-refractivity contribution in [3.8, 4) is 17.2 Å². The minimum absolute atomic E-state index is 0.212. The van der Waals surface area contributed by atoms with E-state index in [1.165, 1.54) is 6.39 Å². The van der Waals surface area contributed by atoms with E-state index in [1.54, 1.807) is 39.3 Å². The van der Waals surface area contributed by atoms with Crippen LogP contribution in [-0.4, -0.2) is 36.0 Å². The summed E-state index contributed by atoms with van der Waals surface area (Å²) in [5.74, 6) is 0.611. The summed E-state index contributed by atoms with van der Waals surface area (Å²) in [6, 6.07) is 5.42. The number of methoxy groups -OCH3 is 1. The zero-order valence-electron chi connectivity index (χ0n) is 15.5. The highest BCUT2D eigenvalue weighted by Crippen LogP contribution is 2.37. The van der Waals surface area contributed by atoms with Gasteiger partial charge in [-0.25, -0.2) is 4.99 Å². The van der Waals surface area contributed by atoms with Gasteiger partial charge in [-0.05, 0) is 39.0 Å². The minimum atomic E-state index is -0.212. The van der Waals surface area contributed by atoms with Crippen LogP contribution in [0.4, 0.5) is 5.69 Å². The van der Waals surface area contributed by atoms with Gasteiger partial charge in [-0.1, -0.05) is 17.7 Å². The molecule has 136 valence electrons. The predicted octanol–water partition coefficient (Wildman–Crippen LogP) is 3.48. The zero-order chi connectivity index (χ0) is 19.1. The summed E-state index contributed by atoms with van der Waals surface area (Å²) in [5.41, 5.74) is 3.20. The number of hydrogen-bond donors (Lipinski definition) is 1. The average molecular weight is 354 g/mol. The highest BCUT2D eigenvalue weighted by molar-refractivity contribution is 6.26. The van der Waals surface area contributed by atoms with E-state index < -0.39 is 0 Å². The van der Waals surface area contributed by atoms with Crippen molar-refractivity contribution in [2.75, 3.05) is 14.2 Å². The fraction of sp³-hybridized carbons (Fsp3) is 0.263. The van der Waals surface area contributed by atoms with Gasteiger partial charge in [-0.15, -0.1) is 10.2 Å². The Hall–Kier alpha value is -3.22. The average Bonchev–Trinajstić information content (AvgIpc) is 3.15. The smallest absolute Gasteiger partial charge is 0.252 e. The Morgan fingerprint density at radius 2 is 2.12 bits per heavy atom. The van der Waals surface area contributed by atoms with Gasteiger partial charge in [0.15, 0.2) is 5.75 Å². The summed E-state index contributed by atoms with van der Waals surface area (Å²) in [5, 5.41) is 10.3. The second kappa shape index (κ2) is 8.75. The third kappa shape index (κ3) is 4.24. The van der Waals surface area contributed by atoms with Crippen LogP contribution >= 0.6 is 0 Å². The van der Waals surface area contributed by atoms with E-state index in [2.05, 4.69) is 20.5 Å². The molecule has 1 N–H and O–H groups in total. The number of nitrogens with one attached hydrogen (secondary N) is 1. The molecule has 2 rings (SSSR count). The molecule has 7 nitrogen and oxygen atoms in total. The van der Waals surface area contributed by atoms with Gasteiger partial charge in [0.25, 0.3) is 11.8 Å². The second-order valence-corrected chi connectivity index (χ2v) is 5.60. The van der Waals surface area contributed by atoms with E-state index in [1.807, 2.05) is 26.0 Å². The number of rotatable bonds is 6. The van der Waals surface area contributed by atoms with Crippen molar-refractivity contribution in [1.29, 1.82) is 0 Å². The van der Waals surface area contributed by atoms with Gasteiger partial charge in [0, 0.05) is 7.05 Å². The Labute approximate surface area is 152 Å². The number of hydrogen-bond acceptors (Lipinski definition) is 6.